The highest BCUT2D eigenvalue weighted by Crippen LogP contribution is 2.33. The largest absolute Gasteiger partial charge is 0.325 e. The molecule has 2 heterocycles. The van der Waals surface area contributed by atoms with Gasteiger partial charge < -0.3 is 10.6 Å². The molecule has 0 saturated carbocycles. The van der Waals surface area contributed by atoms with E-state index < -0.39 is 23.4 Å². The van der Waals surface area contributed by atoms with Gasteiger partial charge in [0.05, 0.1) is 5.69 Å². The lowest BCUT2D eigenvalue weighted by Gasteiger charge is -2.25. The van der Waals surface area contributed by atoms with E-state index in [1.807, 2.05) is 42.6 Å². The van der Waals surface area contributed by atoms with Crippen molar-refractivity contribution in [2.75, 3.05) is 11.9 Å². The monoisotopic (exact) mass is 474 g/mol. The van der Waals surface area contributed by atoms with Crippen LogP contribution in [-0.4, -0.2) is 34.3 Å². The fourth-order valence-corrected chi connectivity index (χ4v) is 5.53. The summed E-state index contributed by atoms with van der Waals surface area (Å²) in [6, 6.07) is 15.0. The van der Waals surface area contributed by atoms with Gasteiger partial charge in [0.2, 0.25) is 5.91 Å². The molecule has 1 saturated heterocycles. The van der Waals surface area contributed by atoms with E-state index in [1.165, 1.54) is 35.3 Å². The van der Waals surface area contributed by atoms with Crippen LogP contribution in [-0.2, 0) is 28.0 Å². The maximum absolute atomic E-state index is 13.2. The van der Waals surface area contributed by atoms with Crippen LogP contribution >= 0.6 is 11.3 Å². The first-order valence-electron chi connectivity index (χ1n) is 11.6. The second-order valence-electron chi connectivity index (χ2n) is 8.72. The summed E-state index contributed by atoms with van der Waals surface area (Å²) in [5, 5.41) is 7.89. The number of imide groups is 1. The zero-order chi connectivity index (χ0) is 23.7. The summed E-state index contributed by atoms with van der Waals surface area (Å²) in [6.07, 6.45) is 5.05. The number of amides is 4. The number of thiazole rings is 1. The molecule has 1 aromatic heterocycles. The third-order valence-electron chi connectivity index (χ3n) is 6.67. The summed E-state index contributed by atoms with van der Waals surface area (Å²) < 4.78 is 0. The van der Waals surface area contributed by atoms with Crippen LogP contribution in [0.15, 0.2) is 53.9 Å². The summed E-state index contributed by atoms with van der Waals surface area (Å²) >= 11 is 1.32. The van der Waals surface area contributed by atoms with Crippen molar-refractivity contribution in [1.82, 2.24) is 15.2 Å². The molecule has 2 aliphatic rings. The van der Waals surface area contributed by atoms with Crippen molar-refractivity contribution in [3.63, 3.8) is 0 Å². The van der Waals surface area contributed by atoms with Crippen LogP contribution in [0.5, 0.6) is 0 Å². The van der Waals surface area contributed by atoms with E-state index >= 15 is 0 Å². The number of hydrogen-bond donors (Lipinski definition) is 2. The Balaban J connectivity index is 1.27. The minimum atomic E-state index is -1.15. The van der Waals surface area contributed by atoms with Crippen LogP contribution in [0, 0.1) is 0 Å². The number of urea groups is 1. The molecule has 0 bridgehead atoms. The van der Waals surface area contributed by atoms with Crippen molar-refractivity contribution in [3.05, 3.63) is 70.6 Å². The highest BCUT2D eigenvalue weighted by molar-refractivity contribution is 7.14. The fourth-order valence-electron chi connectivity index (χ4n) is 4.79. The van der Waals surface area contributed by atoms with E-state index in [-0.39, 0.29) is 6.54 Å². The number of nitrogens with zero attached hydrogens (tertiary/aromatic N) is 2. The van der Waals surface area contributed by atoms with E-state index in [4.69, 9.17) is 0 Å². The Morgan fingerprint density at radius 2 is 1.88 bits per heavy atom. The summed E-state index contributed by atoms with van der Waals surface area (Å²) in [7, 11) is 0. The first kappa shape index (κ1) is 22.3. The molecule has 1 atom stereocenters. The van der Waals surface area contributed by atoms with E-state index in [0.29, 0.717) is 17.1 Å². The molecule has 0 spiro atoms. The standard InChI is InChI=1S/C26H26N4O3S/c1-2-26(20-10-4-3-5-11-20)23(32)30(25(33)29-26)15-22(31)28-24-27-21(16-34-24)19-13-12-17-8-6-7-9-18(17)14-19/h3-5,10-14,16H,2,6-9,15H2,1H3,(H,29,33)(H,27,28,31). The van der Waals surface area contributed by atoms with Crippen molar-refractivity contribution in [2.45, 2.75) is 44.6 Å². The van der Waals surface area contributed by atoms with Gasteiger partial charge in [-0.2, -0.15) is 0 Å². The number of aryl methyl sites for hydroxylation is 2. The number of carbonyl (C=O) groups is 3. The van der Waals surface area contributed by atoms with Crippen LogP contribution < -0.4 is 10.6 Å². The predicted molar refractivity (Wildman–Crippen MR) is 131 cm³/mol. The number of carbonyl (C=O) groups excluding carboxylic acids is 3. The molecule has 34 heavy (non-hydrogen) atoms. The molecular formula is C26H26N4O3S. The number of aromatic nitrogens is 1. The van der Waals surface area contributed by atoms with Crippen molar-refractivity contribution in [2.24, 2.45) is 0 Å². The predicted octanol–water partition coefficient (Wildman–Crippen LogP) is 4.48. The molecule has 8 heteroatoms. The van der Waals surface area contributed by atoms with Crippen molar-refractivity contribution >= 4 is 34.3 Å². The minimum Gasteiger partial charge on any atom is -0.319 e. The molecule has 4 amide bonds. The number of benzene rings is 2. The average Bonchev–Trinajstić information content (AvgIpc) is 3.42. The molecular weight excluding hydrogens is 448 g/mol. The maximum atomic E-state index is 13.2. The SMILES string of the molecule is CCC1(c2ccccc2)NC(=O)N(CC(=O)Nc2nc(-c3ccc4c(c3)CCCC4)cs2)C1=O. The average molecular weight is 475 g/mol. The number of fused-ring (bicyclic) bond motifs is 1. The van der Waals surface area contributed by atoms with Crippen molar-refractivity contribution in [1.29, 1.82) is 0 Å². The smallest absolute Gasteiger partial charge is 0.319 e. The van der Waals surface area contributed by atoms with Crippen molar-refractivity contribution in [3.8, 4) is 11.3 Å². The fraction of sp³-hybridized carbons (Fsp3) is 0.308. The topological polar surface area (TPSA) is 91.4 Å². The Morgan fingerprint density at radius 1 is 1.12 bits per heavy atom. The van der Waals surface area contributed by atoms with Gasteiger partial charge in [0.25, 0.3) is 5.91 Å². The highest BCUT2D eigenvalue weighted by atomic mass is 32.1. The highest BCUT2D eigenvalue weighted by Gasteiger charge is 2.51. The minimum absolute atomic E-state index is 0.368. The number of nitrogens with one attached hydrogen (secondary N) is 2. The number of anilines is 1. The van der Waals surface area contributed by atoms with Crippen LogP contribution in [0.25, 0.3) is 11.3 Å². The summed E-state index contributed by atoms with van der Waals surface area (Å²) in [6.45, 7) is 1.47. The Kier molecular flexibility index (Phi) is 5.91. The van der Waals surface area contributed by atoms with Gasteiger partial charge in [-0.1, -0.05) is 49.4 Å². The molecule has 1 aliphatic heterocycles. The van der Waals surface area contributed by atoms with Gasteiger partial charge >= 0.3 is 6.03 Å². The lowest BCUT2D eigenvalue weighted by molar-refractivity contribution is -0.134. The molecule has 174 valence electrons. The number of hydrogen-bond acceptors (Lipinski definition) is 5. The Hall–Kier alpha value is -3.52. The Bertz CT molecular complexity index is 1260. The number of rotatable bonds is 6. The van der Waals surface area contributed by atoms with E-state index in [1.54, 1.807) is 0 Å². The molecule has 5 rings (SSSR count). The third-order valence-corrected chi connectivity index (χ3v) is 7.43. The zero-order valence-corrected chi connectivity index (χ0v) is 19.8. The van der Waals surface area contributed by atoms with Crippen LogP contribution in [0.4, 0.5) is 9.93 Å². The van der Waals surface area contributed by atoms with E-state index in [0.717, 1.165) is 29.0 Å². The summed E-state index contributed by atoms with van der Waals surface area (Å²) in [4.78, 5) is 44.1. The molecule has 2 N–H and O–H groups in total. The second-order valence-corrected chi connectivity index (χ2v) is 9.58. The summed E-state index contributed by atoms with van der Waals surface area (Å²) in [5.74, 6) is -0.884. The van der Waals surface area contributed by atoms with Crippen LogP contribution in [0.3, 0.4) is 0 Å². The molecule has 1 unspecified atom stereocenters. The van der Waals surface area contributed by atoms with Gasteiger partial charge in [-0.15, -0.1) is 11.3 Å². The molecule has 7 nitrogen and oxygen atoms in total. The first-order chi connectivity index (χ1) is 16.5. The van der Waals surface area contributed by atoms with Crippen molar-refractivity contribution < 1.29 is 14.4 Å². The van der Waals surface area contributed by atoms with Gasteiger partial charge in [-0.05, 0) is 54.9 Å². The lowest BCUT2D eigenvalue weighted by Crippen LogP contribution is -2.44. The van der Waals surface area contributed by atoms with Gasteiger partial charge in [0, 0.05) is 10.9 Å². The molecule has 3 aromatic rings. The maximum Gasteiger partial charge on any atom is 0.325 e. The van der Waals surface area contributed by atoms with Crippen LogP contribution in [0.2, 0.25) is 0 Å². The first-order valence-corrected chi connectivity index (χ1v) is 12.5. The third kappa shape index (κ3) is 3.98. The molecule has 1 fully saturated rings. The van der Waals surface area contributed by atoms with Gasteiger partial charge in [0.1, 0.15) is 12.1 Å². The Labute approximate surface area is 202 Å². The Morgan fingerprint density at radius 3 is 2.65 bits per heavy atom. The molecule has 1 aliphatic carbocycles. The van der Waals surface area contributed by atoms with Gasteiger partial charge in [0.15, 0.2) is 5.13 Å². The molecule has 2 aromatic carbocycles. The quantitative estimate of drug-likeness (QED) is 0.515. The molecule has 0 radical (unpaired) electrons. The van der Waals surface area contributed by atoms with Crippen LogP contribution in [0.1, 0.15) is 42.9 Å². The van der Waals surface area contributed by atoms with E-state index in [9.17, 15) is 14.4 Å². The zero-order valence-electron chi connectivity index (χ0n) is 19.0. The lowest BCUT2D eigenvalue weighted by atomic mass is 9.87. The van der Waals surface area contributed by atoms with E-state index in [2.05, 4.69) is 33.8 Å². The normalized spacial score (nSPS) is 19.6. The summed E-state index contributed by atoms with van der Waals surface area (Å²) in [5.41, 5.74) is 4.16. The van der Waals surface area contributed by atoms with Gasteiger partial charge in [-0.25, -0.2) is 9.78 Å². The second kappa shape index (κ2) is 9.02. The van der Waals surface area contributed by atoms with Gasteiger partial charge in [-0.3, -0.25) is 14.5 Å².